The summed E-state index contributed by atoms with van der Waals surface area (Å²) in [5, 5.41) is 21.8. The van der Waals surface area contributed by atoms with Crippen LogP contribution in [0.4, 0.5) is 8.78 Å². The normalized spacial score (nSPS) is 13.0. The Morgan fingerprint density at radius 1 is 1.30 bits per heavy atom. The second-order valence-electron chi connectivity index (χ2n) is 5.24. The van der Waals surface area contributed by atoms with Crippen molar-refractivity contribution in [1.82, 2.24) is 5.32 Å². The fourth-order valence-corrected chi connectivity index (χ4v) is 2.15. The first kappa shape index (κ1) is 16.6. The number of benzene rings is 2. The van der Waals surface area contributed by atoms with Gasteiger partial charge in [-0.05, 0) is 25.1 Å². The summed E-state index contributed by atoms with van der Waals surface area (Å²) < 4.78 is 26.7. The van der Waals surface area contributed by atoms with Crippen molar-refractivity contribution in [3.8, 4) is 6.07 Å². The molecule has 23 heavy (non-hydrogen) atoms. The zero-order valence-electron chi connectivity index (χ0n) is 12.3. The minimum Gasteiger partial charge on any atom is -0.383 e. The molecule has 0 radical (unpaired) electrons. The van der Waals surface area contributed by atoms with E-state index in [-0.39, 0.29) is 23.2 Å². The van der Waals surface area contributed by atoms with E-state index in [2.05, 4.69) is 5.32 Å². The summed E-state index contributed by atoms with van der Waals surface area (Å²) in [5.74, 6) is -2.22. The Bertz CT molecular complexity index is 782. The van der Waals surface area contributed by atoms with Gasteiger partial charge in [0.05, 0.1) is 23.7 Å². The number of amides is 1. The number of carbonyl (C=O) groups excluding carboxylic acids is 1. The van der Waals surface area contributed by atoms with Gasteiger partial charge >= 0.3 is 0 Å². The highest BCUT2D eigenvalue weighted by Crippen LogP contribution is 2.23. The Labute approximate surface area is 132 Å². The van der Waals surface area contributed by atoms with Crippen LogP contribution in [0.2, 0.25) is 0 Å². The Balaban J connectivity index is 2.16. The van der Waals surface area contributed by atoms with Gasteiger partial charge in [-0.2, -0.15) is 5.26 Å². The third-order valence-electron chi connectivity index (χ3n) is 3.40. The molecule has 0 spiro atoms. The van der Waals surface area contributed by atoms with Crippen LogP contribution in [0.15, 0.2) is 42.5 Å². The first-order valence-electron chi connectivity index (χ1n) is 6.80. The van der Waals surface area contributed by atoms with E-state index in [1.54, 1.807) is 12.1 Å². The van der Waals surface area contributed by atoms with Crippen LogP contribution in [0.1, 0.15) is 28.4 Å². The number of aliphatic hydroxyl groups is 1. The Kier molecular flexibility index (Phi) is 4.72. The van der Waals surface area contributed by atoms with E-state index in [4.69, 9.17) is 5.26 Å². The minimum absolute atomic E-state index is 0.132. The van der Waals surface area contributed by atoms with Crippen molar-refractivity contribution < 1.29 is 18.7 Å². The molecule has 2 aromatic carbocycles. The molecule has 0 aliphatic heterocycles. The number of nitriles is 1. The molecule has 0 saturated carbocycles. The highest BCUT2D eigenvalue weighted by Gasteiger charge is 2.28. The van der Waals surface area contributed by atoms with Crippen LogP contribution in [0.3, 0.4) is 0 Å². The Hall–Kier alpha value is -2.78. The van der Waals surface area contributed by atoms with Crippen molar-refractivity contribution >= 4 is 5.91 Å². The van der Waals surface area contributed by atoms with Gasteiger partial charge in [-0.1, -0.05) is 18.2 Å². The lowest BCUT2D eigenvalue weighted by molar-refractivity contribution is 0.0494. The molecule has 2 aromatic rings. The molecule has 6 heteroatoms. The van der Waals surface area contributed by atoms with Crippen LogP contribution in [0.5, 0.6) is 0 Å². The van der Waals surface area contributed by atoms with Crippen LogP contribution >= 0.6 is 0 Å². The molecule has 1 atom stereocenters. The second-order valence-corrected chi connectivity index (χ2v) is 5.24. The van der Waals surface area contributed by atoms with Gasteiger partial charge in [-0.3, -0.25) is 4.79 Å². The van der Waals surface area contributed by atoms with E-state index < -0.39 is 23.1 Å². The van der Waals surface area contributed by atoms with Crippen molar-refractivity contribution in [1.29, 1.82) is 5.26 Å². The molecule has 0 heterocycles. The number of carbonyl (C=O) groups is 1. The van der Waals surface area contributed by atoms with Crippen LogP contribution < -0.4 is 5.32 Å². The number of halogens is 2. The van der Waals surface area contributed by atoms with E-state index in [0.29, 0.717) is 6.07 Å². The molecule has 1 unspecified atom stereocenters. The van der Waals surface area contributed by atoms with Gasteiger partial charge in [0.2, 0.25) is 0 Å². The maximum Gasteiger partial charge on any atom is 0.252 e. The topological polar surface area (TPSA) is 73.1 Å². The minimum atomic E-state index is -1.73. The second kappa shape index (κ2) is 6.55. The predicted octanol–water partition coefficient (Wildman–Crippen LogP) is 2.47. The Morgan fingerprint density at radius 3 is 2.65 bits per heavy atom. The molecule has 1 amide bonds. The van der Waals surface area contributed by atoms with Gasteiger partial charge in [0.15, 0.2) is 0 Å². The predicted molar refractivity (Wildman–Crippen MR) is 79.4 cm³/mol. The lowest BCUT2D eigenvalue weighted by Gasteiger charge is -2.24. The summed E-state index contributed by atoms with van der Waals surface area (Å²) in [6, 6.07) is 10.9. The third-order valence-corrected chi connectivity index (χ3v) is 3.40. The molecule has 0 saturated heterocycles. The standard InChI is InChI=1S/C17H14F2N2O2/c1-17(23,14-7-6-12(18)8-15(14)19)10-21-16(22)13-5-3-2-4-11(13)9-20/h2-8,23H,10H2,1H3,(H,21,22). The van der Waals surface area contributed by atoms with Crippen molar-refractivity contribution in [2.24, 2.45) is 0 Å². The summed E-state index contributed by atoms with van der Waals surface area (Å²) in [6.45, 7) is 1.01. The molecule has 0 aliphatic carbocycles. The SMILES string of the molecule is CC(O)(CNC(=O)c1ccccc1C#N)c1ccc(F)cc1F. The molecule has 0 aromatic heterocycles. The van der Waals surface area contributed by atoms with E-state index in [9.17, 15) is 18.7 Å². The molecule has 4 nitrogen and oxygen atoms in total. The zero-order valence-corrected chi connectivity index (χ0v) is 12.3. The van der Waals surface area contributed by atoms with Crippen molar-refractivity contribution in [3.05, 3.63) is 70.8 Å². The van der Waals surface area contributed by atoms with Gasteiger partial charge < -0.3 is 10.4 Å². The number of nitrogens with zero attached hydrogens (tertiary/aromatic N) is 1. The molecule has 0 aliphatic rings. The van der Waals surface area contributed by atoms with Crippen LogP contribution in [0, 0.1) is 23.0 Å². The quantitative estimate of drug-likeness (QED) is 0.910. The van der Waals surface area contributed by atoms with Crippen molar-refractivity contribution in [2.45, 2.75) is 12.5 Å². The highest BCUT2D eigenvalue weighted by molar-refractivity contribution is 5.96. The van der Waals surface area contributed by atoms with E-state index in [0.717, 1.165) is 12.1 Å². The number of hydrogen-bond donors (Lipinski definition) is 2. The molecule has 2 rings (SSSR count). The maximum absolute atomic E-state index is 13.8. The van der Waals surface area contributed by atoms with Gasteiger partial charge in [0.25, 0.3) is 5.91 Å². The molecule has 2 N–H and O–H groups in total. The van der Waals surface area contributed by atoms with Gasteiger partial charge in [-0.15, -0.1) is 0 Å². The van der Waals surface area contributed by atoms with Crippen LogP contribution in [0.25, 0.3) is 0 Å². The summed E-state index contributed by atoms with van der Waals surface area (Å²) >= 11 is 0. The summed E-state index contributed by atoms with van der Waals surface area (Å²) in [5.41, 5.74) is -1.51. The van der Waals surface area contributed by atoms with Crippen LogP contribution in [-0.4, -0.2) is 17.6 Å². The number of hydrogen-bond acceptors (Lipinski definition) is 3. The van der Waals surface area contributed by atoms with Crippen LogP contribution in [-0.2, 0) is 5.60 Å². The first-order valence-corrected chi connectivity index (χ1v) is 6.80. The van der Waals surface area contributed by atoms with E-state index in [1.807, 2.05) is 6.07 Å². The van der Waals surface area contributed by atoms with Crippen molar-refractivity contribution in [2.75, 3.05) is 6.54 Å². The maximum atomic E-state index is 13.8. The number of nitrogens with one attached hydrogen (secondary N) is 1. The average molecular weight is 316 g/mol. The molecular formula is C17H14F2N2O2. The molecule has 0 bridgehead atoms. The summed E-state index contributed by atoms with van der Waals surface area (Å²) in [4.78, 5) is 12.1. The fraction of sp³-hybridized carbons (Fsp3) is 0.176. The molecule has 118 valence electrons. The van der Waals surface area contributed by atoms with Gasteiger partial charge in [0, 0.05) is 11.6 Å². The van der Waals surface area contributed by atoms with Gasteiger partial charge in [-0.25, -0.2) is 8.78 Å². The lowest BCUT2D eigenvalue weighted by atomic mass is 9.95. The van der Waals surface area contributed by atoms with Gasteiger partial charge in [0.1, 0.15) is 17.2 Å². The van der Waals surface area contributed by atoms with Crippen molar-refractivity contribution in [3.63, 3.8) is 0 Å². The zero-order chi connectivity index (χ0) is 17.0. The molecule has 0 fully saturated rings. The highest BCUT2D eigenvalue weighted by atomic mass is 19.1. The largest absolute Gasteiger partial charge is 0.383 e. The van der Waals surface area contributed by atoms with E-state index in [1.165, 1.54) is 19.1 Å². The lowest BCUT2D eigenvalue weighted by Crippen LogP contribution is -2.39. The number of rotatable bonds is 4. The fourth-order valence-electron chi connectivity index (χ4n) is 2.15. The monoisotopic (exact) mass is 316 g/mol. The molecular weight excluding hydrogens is 302 g/mol. The van der Waals surface area contributed by atoms with E-state index >= 15 is 0 Å². The smallest absolute Gasteiger partial charge is 0.252 e. The summed E-state index contributed by atoms with van der Waals surface area (Å²) in [7, 11) is 0. The third kappa shape index (κ3) is 3.71. The Morgan fingerprint density at radius 2 is 2.00 bits per heavy atom. The first-order chi connectivity index (χ1) is 10.8. The summed E-state index contributed by atoms with van der Waals surface area (Å²) in [6.07, 6.45) is 0. The average Bonchev–Trinajstić information content (AvgIpc) is 2.52.